The molecule has 5 nitrogen and oxygen atoms in total. The van der Waals surface area contributed by atoms with Gasteiger partial charge in [-0.1, -0.05) is 0 Å². The van der Waals surface area contributed by atoms with E-state index in [1.807, 2.05) is 0 Å². The highest BCUT2D eigenvalue weighted by Crippen LogP contribution is 2.13. The van der Waals surface area contributed by atoms with Crippen molar-refractivity contribution in [2.24, 2.45) is 0 Å². The van der Waals surface area contributed by atoms with Gasteiger partial charge in [-0.2, -0.15) is 11.8 Å². The van der Waals surface area contributed by atoms with Gasteiger partial charge in [-0.15, -0.1) is 0 Å². The van der Waals surface area contributed by atoms with E-state index in [9.17, 15) is 9.59 Å². The molecule has 0 spiro atoms. The molecule has 0 aromatic carbocycles. The summed E-state index contributed by atoms with van der Waals surface area (Å²) in [5.41, 5.74) is 0. The fraction of sp³-hybridized carbons (Fsp3) is 0.800. The normalized spacial score (nSPS) is 31.1. The Hall–Kier alpha value is -0.750. The van der Waals surface area contributed by atoms with Gasteiger partial charge in [-0.05, 0) is 6.92 Å². The number of thioether (sulfide) groups is 1. The van der Waals surface area contributed by atoms with Crippen LogP contribution in [-0.4, -0.2) is 59.9 Å². The van der Waals surface area contributed by atoms with E-state index in [4.69, 9.17) is 0 Å². The van der Waals surface area contributed by atoms with Crippen molar-refractivity contribution in [3.05, 3.63) is 0 Å². The zero-order valence-corrected chi connectivity index (χ0v) is 10.2. The number of nitrogens with one attached hydrogen (secondary N) is 2. The van der Waals surface area contributed by atoms with E-state index in [2.05, 4.69) is 10.6 Å². The molecule has 0 bridgehead atoms. The molecule has 2 aliphatic rings. The Labute approximate surface area is 99.3 Å². The van der Waals surface area contributed by atoms with Crippen molar-refractivity contribution in [2.45, 2.75) is 19.0 Å². The van der Waals surface area contributed by atoms with Crippen LogP contribution in [0.1, 0.15) is 6.92 Å². The zero-order valence-electron chi connectivity index (χ0n) is 9.36. The van der Waals surface area contributed by atoms with Crippen molar-refractivity contribution in [1.82, 2.24) is 15.5 Å². The highest BCUT2D eigenvalue weighted by Gasteiger charge is 2.33. The minimum atomic E-state index is -0.338. The molecular weight excluding hydrogens is 226 g/mol. The van der Waals surface area contributed by atoms with Crippen molar-refractivity contribution >= 4 is 23.6 Å². The van der Waals surface area contributed by atoms with Crippen LogP contribution in [0, 0.1) is 0 Å². The van der Waals surface area contributed by atoms with Crippen molar-refractivity contribution in [1.29, 1.82) is 0 Å². The van der Waals surface area contributed by atoms with Gasteiger partial charge in [0.25, 0.3) is 0 Å². The summed E-state index contributed by atoms with van der Waals surface area (Å²) >= 11 is 1.79. The molecule has 2 aliphatic heterocycles. The number of piperazine rings is 1. The molecular formula is C10H17N3O2S. The van der Waals surface area contributed by atoms with Crippen LogP contribution in [-0.2, 0) is 9.59 Å². The molecule has 16 heavy (non-hydrogen) atoms. The molecule has 2 unspecified atom stereocenters. The van der Waals surface area contributed by atoms with E-state index < -0.39 is 0 Å². The maximum absolute atomic E-state index is 12.2. The highest BCUT2D eigenvalue weighted by atomic mass is 32.2. The number of nitrogens with zero attached hydrogens (tertiary/aromatic N) is 1. The summed E-state index contributed by atoms with van der Waals surface area (Å²) in [6, 6.07) is -0.456. The average Bonchev–Trinajstić information content (AvgIpc) is 2.33. The van der Waals surface area contributed by atoms with Gasteiger partial charge in [0, 0.05) is 31.1 Å². The van der Waals surface area contributed by atoms with Crippen LogP contribution in [0.3, 0.4) is 0 Å². The van der Waals surface area contributed by atoms with Crippen LogP contribution in [0.15, 0.2) is 0 Å². The van der Waals surface area contributed by atoms with Crippen LogP contribution in [0.4, 0.5) is 0 Å². The number of hydrogen-bond donors (Lipinski definition) is 2. The molecule has 2 amide bonds. The lowest BCUT2D eigenvalue weighted by Crippen LogP contribution is -2.60. The molecule has 2 saturated heterocycles. The number of carbonyl (C=O) groups excluding carboxylic acids is 2. The minimum Gasteiger partial charge on any atom is -0.353 e. The fourth-order valence-corrected chi connectivity index (χ4v) is 2.93. The first-order valence-corrected chi connectivity index (χ1v) is 6.75. The topological polar surface area (TPSA) is 61.4 Å². The molecule has 2 N–H and O–H groups in total. The molecule has 90 valence electrons. The molecule has 0 radical (unpaired) electrons. The highest BCUT2D eigenvalue weighted by molar-refractivity contribution is 7.99. The third kappa shape index (κ3) is 2.32. The second-order valence-electron chi connectivity index (χ2n) is 4.08. The molecule has 0 saturated carbocycles. The van der Waals surface area contributed by atoms with Gasteiger partial charge in [0.1, 0.15) is 6.04 Å². The fourth-order valence-electron chi connectivity index (χ4n) is 2.01. The summed E-state index contributed by atoms with van der Waals surface area (Å²) in [6.45, 7) is 3.83. The zero-order chi connectivity index (χ0) is 11.5. The predicted octanol–water partition coefficient (Wildman–Crippen LogP) is -0.962. The van der Waals surface area contributed by atoms with Crippen LogP contribution in [0.2, 0.25) is 0 Å². The molecule has 2 rings (SSSR count). The van der Waals surface area contributed by atoms with Crippen molar-refractivity contribution in [3.63, 3.8) is 0 Å². The van der Waals surface area contributed by atoms with E-state index in [1.54, 1.807) is 23.6 Å². The summed E-state index contributed by atoms with van der Waals surface area (Å²) < 4.78 is 0. The van der Waals surface area contributed by atoms with E-state index in [1.165, 1.54) is 0 Å². The van der Waals surface area contributed by atoms with Crippen molar-refractivity contribution < 1.29 is 9.59 Å². The van der Waals surface area contributed by atoms with Gasteiger partial charge in [-0.25, -0.2) is 0 Å². The van der Waals surface area contributed by atoms with E-state index in [0.717, 1.165) is 18.1 Å². The molecule has 2 fully saturated rings. The van der Waals surface area contributed by atoms with E-state index in [-0.39, 0.29) is 23.9 Å². The first-order chi connectivity index (χ1) is 7.70. The Morgan fingerprint density at radius 3 is 3.00 bits per heavy atom. The third-order valence-corrected chi connectivity index (χ3v) is 4.06. The summed E-state index contributed by atoms with van der Waals surface area (Å²) in [6.07, 6.45) is 0. The lowest BCUT2D eigenvalue weighted by molar-refractivity contribution is -0.143. The first-order valence-electron chi connectivity index (χ1n) is 5.59. The van der Waals surface area contributed by atoms with Crippen LogP contribution >= 0.6 is 11.8 Å². The molecule has 0 aromatic heterocycles. The summed E-state index contributed by atoms with van der Waals surface area (Å²) in [5, 5.41) is 5.97. The van der Waals surface area contributed by atoms with E-state index in [0.29, 0.717) is 13.1 Å². The Morgan fingerprint density at radius 1 is 1.50 bits per heavy atom. The summed E-state index contributed by atoms with van der Waals surface area (Å²) in [5.74, 6) is 1.88. The van der Waals surface area contributed by atoms with Gasteiger partial charge in [0.05, 0.1) is 6.04 Å². The number of amides is 2. The smallest absolute Gasteiger partial charge is 0.242 e. The molecule has 2 atom stereocenters. The quantitative estimate of drug-likeness (QED) is 0.622. The Kier molecular flexibility index (Phi) is 3.70. The van der Waals surface area contributed by atoms with Crippen molar-refractivity contribution in [3.8, 4) is 0 Å². The van der Waals surface area contributed by atoms with E-state index >= 15 is 0 Å². The minimum absolute atomic E-state index is 0.0527. The van der Waals surface area contributed by atoms with Crippen LogP contribution < -0.4 is 10.6 Å². The lowest BCUT2D eigenvalue weighted by atomic mass is 10.1. The second kappa shape index (κ2) is 5.05. The van der Waals surface area contributed by atoms with Gasteiger partial charge >= 0.3 is 0 Å². The largest absolute Gasteiger partial charge is 0.353 e. The molecule has 0 aliphatic carbocycles. The lowest BCUT2D eigenvalue weighted by Gasteiger charge is -2.36. The second-order valence-corrected chi connectivity index (χ2v) is 5.23. The van der Waals surface area contributed by atoms with Gasteiger partial charge in [-0.3, -0.25) is 9.59 Å². The van der Waals surface area contributed by atoms with Crippen LogP contribution in [0.5, 0.6) is 0 Å². The monoisotopic (exact) mass is 243 g/mol. The van der Waals surface area contributed by atoms with Crippen LogP contribution in [0.25, 0.3) is 0 Å². The van der Waals surface area contributed by atoms with Crippen molar-refractivity contribution in [2.75, 3.05) is 31.1 Å². The SMILES string of the molecule is CC1C(=O)NCCN1C(=O)C1CSCCN1. The molecule has 0 aromatic rings. The van der Waals surface area contributed by atoms with Gasteiger partial charge < -0.3 is 15.5 Å². The number of carbonyl (C=O) groups is 2. The van der Waals surface area contributed by atoms with Gasteiger partial charge in [0.2, 0.25) is 11.8 Å². The summed E-state index contributed by atoms with van der Waals surface area (Å²) in [7, 11) is 0. The third-order valence-electron chi connectivity index (χ3n) is 3.00. The number of hydrogen-bond acceptors (Lipinski definition) is 4. The maximum atomic E-state index is 12.2. The standard InChI is InChI=1S/C10H17N3O2S/c1-7-9(14)12-2-4-13(7)10(15)8-6-16-5-3-11-8/h7-8,11H,2-6H2,1H3,(H,12,14). The average molecular weight is 243 g/mol. The Morgan fingerprint density at radius 2 is 2.31 bits per heavy atom. The number of rotatable bonds is 1. The Bertz CT molecular complexity index is 292. The maximum Gasteiger partial charge on any atom is 0.242 e. The Balaban J connectivity index is 1.99. The molecule has 6 heteroatoms. The van der Waals surface area contributed by atoms with Gasteiger partial charge in [0.15, 0.2) is 0 Å². The predicted molar refractivity (Wildman–Crippen MR) is 63.3 cm³/mol. The first kappa shape index (κ1) is 11.7. The summed E-state index contributed by atoms with van der Waals surface area (Å²) in [4.78, 5) is 25.3. The molecule has 2 heterocycles.